The Morgan fingerprint density at radius 2 is 2.12 bits per heavy atom. The van der Waals surface area contributed by atoms with Crippen LogP contribution in [-0.2, 0) is 17.7 Å². The number of fused-ring (bicyclic) bond motifs is 1. The number of halogens is 1. The van der Waals surface area contributed by atoms with Crippen LogP contribution in [0.2, 0.25) is 5.28 Å². The standard InChI is InChI=1S/C17H25ClN4O3/c1-17(2,3)25-16(24)21-8-6-13-12(9-21)14(20-15(18)19-13)22-7-4-5-11(22)10-23/h11,23H,4-10H2,1-3H3/t11-/m0/s1. The van der Waals surface area contributed by atoms with Crippen molar-refractivity contribution in [3.63, 3.8) is 0 Å². The molecule has 1 atom stereocenters. The van der Waals surface area contributed by atoms with E-state index in [4.69, 9.17) is 16.3 Å². The molecule has 0 aromatic carbocycles. The summed E-state index contributed by atoms with van der Waals surface area (Å²) in [4.78, 5) is 25.0. The zero-order valence-electron chi connectivity index (χ0n) is 15.0. The SMILES string of the molecule is CC(C)(C)OC(=O)N1CCc2nc(Cl)nc(N3CCC[C@H]3CO)c2C1. The summed E-state index contributed by atoms with van der Waals surface area (Å²) in [5.41, 5.74) is 1.24. The third kappa shape index (κ3) is 3.98. The lowest BCUT2D eigenvalue weighted by atomic mass is 10.1. The summed E-state index contributed by atoms with van der Waals surface area (Å²) in [6.45, 7) is 7.39. The summed E-state index contributed by atoms with van der Waals surface area (Å²) >= 11 is 6.12. The highest BCUT2D eigenvalue weighted by atomic mass is 35.5. The van der Waals surface area contributed by atoms with Crippen LogP contribution in [0.15, 0.2) is 0 Å². The van der Waals surface area contributed by atoms with E-state index in [1.807, 2.05) is 20.8 Å². The Hall–Kier alpha value is -1.60. The average Bonchev–Trinajstić information content (AvgIpc) is 3.00. The molecule has 1 aromatic heterocycles. The first-order chi connectivity index (χ1) is 11.8. The minimum Gasteiger partial charge on any atom is -0.444 e. The summed E-state index contributed by atoms with van der Waals surface area (Å²) in [5.74, 6) is 0.736. The largest absolute Gasteiger partial charge is 0.444 e. The summed E-state index contributed by atoms with van der Waals surface area (Å²) in [6, 6.07) is 0.0342. The Kier molecular flexibility index (Phi) is 5.06. The van der Waals surface area contributed by atoms with Crippen molar-refractivity contribution >= 4 is 23.5 Å². The number of aromatic nitrogens is 2. The third-order valence-corrected chi connectivity index (χ3v) is 4.69. The number of nitrogens with zero attached hydrogens (tertiary/aromatic N) is 4. The molecule has 1 fully saturated rings. The quantitative estimate of drug-likeness (QED) is 0.807. The summed E-state index contributed by atoms with van der Waals surface area (Å²) in [5, 5.41) is 9.85. The van der Waals surface area contributed by atoms with Crippen LogP contribution in [0.3, 0.4) is 0 Å². The van der Waals surface area contributed by atoms with Crippen LogP contribution in [0.1, 0.15) is 44.9 Å². The van der Waals surface area contributed by atoms with E-state index in [0.29, 0.717) is 19.5 Å². The van der Waals surface area contributed by atoms with Gasteiger partial charge >= 0.3 is 6.09 Å². The van der Waals surface area contributed by atoms with Crippen molar-refractivity contribution in [1.82, 2.24) is 14.9 Å². The van der Waals surface area contributed by atoms with E-state index in [1.54, 1.807) is 4.90 Å². The Morgan fingerprint density at radius 1 is 1.36 bits per heavy atom. The van der Waals surface area contributed by atoms with Gasteiger partial charge in [-0.1, -0.05) is 0 Å². The molecule has 7 nitrogen and oxygen atoms in total. The van der Waals surface area contributed by atoms with Crippen molar-refractivity contribution in [2.75, 3.05) is 24.6 Å². The summed E-state index contributed by atoms with van der Waals surface area (Å²) in [6.07, 6.45) is 2.20. The molecule has 8 heteroatoms. The highest BCUT2D eigenvalue weighted by Crippen LogP contribution is 2.32. The predicted molar refractivity (Wildman–Crippen MR) is 94.8 cm³/mol. The van der Waals surface area contributed by atoms with Gasteiger partial charge in [0, 0.05) is 25.1 Å². The van der Waals surface area contributed by atoms with Gasteiger partial charge in [0.1, 0.15) is 11.4 Å². The normalized spacial score (nSPS) is 20.6. The second kappa shape index (κ2) is 6.96. The maximum Gasteiger partial charge on any atom is 0.410 e. The molecule has 0 radical (unpaired) electrons. The molecule has 1 amide bonds. The summed E-state index contributed by atoms with van der Waals surface area (Å²) < 4.78 is 5.49. The molecule has 2 aliphatic rings. The van der Waals surface area contributed by atoms with E-state index in [-0.39, 0.29) is 24.0 Å². The van der Waals surface area contributed by atoms with Crippen LogP contribution < -0.4 is 4.90 Å². The lowest BCUT2D eigenvalue weighted by molar-refractivity contribution is 0.0223. The highest BCUT2D eigenvalue weighted by molar-refractivity contribution is 6.28. The maximum atomic E-state index is 12.4. The zero-order valence-corrected chi connectivity index (χ0v) is 15.7. The number of aliphatic hydroxyl groups excluding tert-OH is 1. The van der Waals surface area contributed by atoms with Gasteiger partial charge in [-0.25, -0.2) is 14.8 Å². The number of carbonyl (C=O) groups excluding carboxylic acids is 1. The lowest BCUT2D eigenvalue weighted by Gasteiger charge is -2.34. The molecule has 1 aromatic rings. The molecule has 3 rings (SSSR count). The lowest BCUT2D eigenvalue weighted by Crippen LogP contribution is -2.42. The molecule has 1 N–H and O–H groups in total. The van der Waals surface area contributed by atoms with Crippen LogP contribution in [0.5, 0.6) is 0 Å². The number of anilines is 1. The van der Waals surface area contributed by atoms with Crippen molar-refractivity contribution in [2.45, 2.75) is 58.2 Å². The van der Waals surface area contributed by atoms with Gasteiger partial charge in [0.05, 0.1) is 24.9 Å². The monoisotopic (exact) mass is 368 g/mol. The minimum atomic E-state index is -0.534. The molecule has 0 unspecified atom stereocenters. The van der Waals surface area contributed by atoms with Crippen LogP contribution in [0.4, 0.5) is 10.6 Å². The van der Waals surface area contributed by atoms with Crippen LogP contribution in [0.25, 0.3) is 0 Å². The average molecular weight is 369 g/mol. The number of hydrogen-bond acceptors (Lipinski definition) is 6. The van der Waals surface area contributed by atoms with Crippen LogP contribution >= 0.6 is 11.6 Å². The van der Waals surface area contributed by atoms with Gasteiger partial charge in [-0.2, -0.15) is 0 Å². The van der Waals surface area contributed by atoms with Crippen molar-refractivity contribution in [2.24, 2.45) is 0 Å². The van der Waals surface area contributed by atoms with Crippen molar-refractivity contribution in [3.8, 4) is 0 Å². The number of rotatable bonds is 2. The maximum absolute atomic E-state index is 12.4. The van der Waals surface area contributed by atoms with Gasteiger partial charge in [-0.05, 0) is 45.2 Å². The smallest absolute Gasteiger partial charge is 0.410 e. The van der Waals surface area contributed by atoms with Crippen LogP contribution in [0, 0.1) is 0 Å². The molecule has 0 spiro atoms. The van der Waals surface area contributed by atoms with Gasteiger partial charge in [0.25, 0.3) is 0 Å². The number of aliphatic hydroxyl groups is 1. The molecule has 25 heavy (non-hydrogen) atoms. The molecule has 0 bridgehead atoms. The number of carbonyl (C=O) groups is 1. The number of ether oxygens (including phenoxy) is 1. The second-order valence-corrected chi connectivity index (χ2v) is 7.90. The van der Waals surface area contributed by atoms with E-state index < -0.39 is 5.60 Å². The molecule has 3 heterocycles. The number of hydrogen-bond donors (Lipinski definition) is 1. The summed E-state index contributed by atoms with van der Waals surface area (Å²) in [7, 11) is 0. The fraction of sp³-hybridized carbons (Fsp3) is 0.706. The molecule has 1 saturated heterocycles. The fourth-order valence-electron chi connectivity index (χ4n) is 3.39. The Bertz CT molecular complexity index is 662. The van der Waals surface area contributed by atoms with Crippen molar-refractivity contribution in [3.05, 3.63) is 16.5 Å². The predicted octanol–water partition coefficient (Wildman–Crippen LogP) is 2.38. The van der Waals surface area contributed by atoms with E-state index in [0.717, 1.165) is 36.5 Å². The molecule has 2 aliphatic heterocycles. The molecule has 0 aliphatic carbocycles. The molecular formula is C17H25ClN4O3. The van der Waals surface area contributed by atoms with E-state index in [1.165, 1.54) is 0 Å². The van der Waals surface area contributed by atoms with Gasteiger partial charge < -0.3 is 19.6 Å². The van der Waals surface area contributed by atoms with Crippen LogP contribution in [-0.4, -0.2) is 57.4 Å². The number of amides is 1. The second-order valence-electron chi connectivity index (χ2n) is 7.57. The minimum absolute atomic E-state index is 0.0342. The van der Waals surface area contributed by atoms with E-state index >= 15 is 0 Å². The van der Waals surface area contributed by atoms with Gasteiger partial charge in [-0.3, -0.25) is 0 Å². The zero-order chi connectivity index (χ0) is 18.2. The molecule has 0 saturated carbocycles. The first kappa shape index (κ1) is 18.2. The Labute approximate surface area is 152 Å². The third-order valence-electron chi connectivity index (χ3n) is 4.52. The topological polar surface area (TPSA) is 78.8 Å². The van der Waals surface area contributed by atoms with Gasteiger partial charge in [-0.15, -0.1) is 0 Å². The van der Waals surface area contributed by atoms with Crippen molar-refractivity contribution < 1.29 is 14.6 Å². The van der Waals surface area contributed by atoms with Gasteiger partial charge in [0.15, 0.2) is 0 Å². The van der Waals surface area contributed by atoms with E-state index in [2.05, 4.69) is 14.9 Å². The van der Waals surface area contributed by atoms with E-state index in [9.17, 15) is 9.90 Å². The highest BCUT2D eigenvalue weighted by Gasteiger charge is 2.33. The van der Waals surface area contributed by atoms with Crippen molar-refractivity contribution in [1.29, 1.82) is 0 Å². The Balaban J connectivity index is 1.89. The molecule has 138 valence electrons. The Morgan fingerprint density at radius 3 is 2.80 bits per heavy atom. The van der Waals surface area contributed by atoms with Gasteiger partial charge in [0.2, 0.25) is 5.28 Å². The first-order valence-corrected chi connectivity index (χ1v) is 9.07. The first-order valence-electron chi connectivity index (χ1n) is 8.69. The molecular weight excluding hydrogens is 344 g/mol. The fourth-order valence-corrected chi connectivity index (χ4v) is 3.57.